The Morgan fingerprint density at radius 1 is 1.11 bits per heavy atom. The molecule has 0 radical (unpaired) electrons. The van der Waals surface area contributed by atoms with Crippen LogP contribution >= 0.6 is 0 Å². The average Bonchev–Trinajstić information content (AvgIpc) is 3.12. The van der Waals surface area contributed by atoms with Crippen LogP contribution in [0.1, 0.15) is 17.2 Å². The van der Waals surface area contributed by atoms with Gasteiger partial charge in [-0.2, -0.15) is 13.2 Å². The third kappa shape index (κ3) is 4.66. The van der Waals surface area contributed by atoms with Crippen molar-refractivity contribution in [1.29, 1.82) is 0 Å². The average molecular weight is 487 g/mol. The molecule has 2 aromatic rings. The molecule has 4 amide bonds. The fourth-order valence-corrected chi connectivity index (χ4v) is 4.21. The summed E-state index contributed by atoms with van der Waals surface area (Å²) >= 11 is 0. The Hall–Kier alpha value is -4.02. The molecule has 8 nitrogen and oxygen atoms in total. The predicted octanol–water partition coefficient (Wildman–Crippen LogP) is 3.20. The second kappa shape index (κ2) is 8.97. The van der Waals surface area contributed by atoms with Crippen LogP contribution in [0.3, 0.4) is 0 Å². The number of rotatable bonds is 5. The highest BCUT2D eigenvalue weighted by molar-refractivity contribution is 6.04. The quantitative estimate of drug-likeness (QED) is 0.679. The van der Waals surface area contributed by atoms with E-state index in [2.05, 4.69) is 10.6 Å². The molecule has 35 heavy (non-hydrogen) atoms. The lowest BCUT2D eigenvalue weighted by molar-refractivity contribution is -0.138. The monoisotopic (exact) mass is 487 g/mol. The van der Waals surface area contributed by atoms with Crippen LogP contribution < -0.4 is 15.5 Å². The fraction of sp³-hybridized carbons (Fsp3) is 0.292. The third-order valence-corrected chi connectivity index (χ3v) is 6.01. The molecule has 184 valence electrons. The molecule has 0 aromatic heterocycles. The van der Waals surface area contributed by atoms with E-state index in [1.54, 1.807) is 12.1 Å². The third-order valence-electron chi connectivity index (χ3n) is 6.01. The number of alkyl halides is 3. The summed E-state index contributed by atoms with van der Waals surface area (Å²) in [5, 5.41) is 5.22. The van der Waals surface area contributed by atoms with Gasteiger partial charge < -0.3 is 20.4 Å². The van der Waals surface area contributed by atoms with E-state index in [-0.39, 0.29) is 29.9 Å². The maximum Gasteiger partial charge on any atom is 0.416 e. The largest absolute Gasteiger partial charge is 0.416 e. The molecule has 2 aliphatic rings. The van der Waals surface area contributed by atoms with Crippen LogP contribution in [0, 0.1) is 0 Å². The number of amides is 4. The first-order chi connectivity index (χ1) is 16.5. The molecule has 4 rings (SSSR count). The van der Waals surface area contributed by atoms with E-state index in [1.807, 2.05) is 31.1 Å². The van der Waals surface area contributed by atoms with Gasteiger partial charge in [0.2, 0.25) is 5.91 Å². The molecule has 11 heteroatoms. The highest BCUT2D eigenvalue weighted by Gasteiger charge is 2.46. The first-order valence-corrected chi connectivity index (χ1v) is 10.8. The number of likely N-dealkylation sites (N-methyl/N-ethyl adjacent to an activating group) is 1. The summed E-state index contributed by atoms with van der Waals surface area (Å²) in [4.78, 5) is 42.7. The summed E-state index contributed by atoms with van der Waals surface area (Å²) in [5.74, 6) is -1.07. The molecule has 0 saturated carbocycles. The van der Waals surface area contributed by atoms with Gasteiger partial charge in [0.1, 0.15) is 6.54 Å². The van der Waals surface area contributed by atoms with Gasteiger partial charge in [-0.1, -0.05) is 18.2 Å². The van der Waals surface area contributed by atoms with Crippen LogP contribution in [0.5, 0.6) is 0 Å². The Bertz CT molecular complexity index is 1210. The summed E-state index contributed by atoms with van der Waals surface area (Å²) in [6.45, 7) is -0.396. The Balaban J connectivity index is 1.56. The van der Waals surface area contributed by atoms with Crippen molar-refractivity contribution in [2.45, 2.75) is 12.2 Å². The van der Waals surface area contributed by atoms with E-state index < -0.39 is 35.6 Å². The number of nitrogens with zero attached hydrogens (tertiary/aromatic N) is 3. The van der Waals surface area contributed by atoms with Crippen molar-refractivity contribution in [3.63, 3.8) is 0 Å². The van der Waals surface area contributed by atoms with Gasteiger partial charge in [-0.05, 0) is 35.9 Å². The number of anilines is 2. The number of carbonyl (C=O) groups excluding carboxylic acids is 3. The number of hydrogen-bond acceptors (Lipinski definition) is 4. The molecule has 0 unspecified atom stereocenters. The summed E-state index contributed by atoms with van der Waals surface area (Å²) in [7, 11) is 5.20. The first-order valence-electron chi connectivity index (χ1n) is 10.8. The predicted molar refractivity (Wildman–Crippen MR) is 123 cm³/mol. The minimum Gasteiger partial charge on any atom is -0.378 e. The standard InChI is InChI=1S/C24H24F3N5O3/c1-30(2)15-10-8-14(9-11-15)28-19(33)13-32-12-18-20(22(32)34)21(29-23(35)31(18)3)16-6-4-5-7-17(16)24(25,26)27/h4-11,21H,12-13H2,1-3H3,(H,28,33)(H,29,35)/t21-/m0/s1. The van der Waals surface area contributed by atoms with Gasteiger partial charge in [0.05, 0.1) is 29.4 Å². The van der Waals surface area contributed by atoms with Gasteiger partial charge in [-0.3, -0.25) is 14.5 Å². The summed E-state index contributed by atoms with van der Waals surface area (Å²) in [6.07, 6.45) is -4.67. The van der Waals surface area contributed by atoms with Crippen LogP contribution in [0.2, 0.25) is 0 Å². The van der Waals surface area contributed by atoms with Gasteiger partial charge in [0, 0.05) is 32.5 Å². The number of nitrogens with one attached hydrogen (secondary N) is 2. The lowest BCUT2D eigenvalue weighted by Gasteiger charge is -2.32. The number of hydrogen-bond donors (Lipinski definition) is 2. The molecule has 0 aliphatic carbocycles. The highest BCUT2D eigenvalue weighted by atomic mass is 19.4. The van der Waals surface area contributed by atoms with Gasteiger partial charge in [-0.25, -0.2) is 4.79 Å². The zero-order valence-corrected chi connectivity index (χ0v) is 19.3. The van der Waals surface area contributed by atoms with Crippen LogP contribution in [0.15, 0.2) is 59.8 Å². The minimum absolute atomic E-state index is 0.0203. The molecular weight excluding hydrogens is 463 g/mol. The van der Waals surface area contributed by atoms with Crippen LogP contribution in [0.25, 0.3) is 0 Å². The molecule has 1 atom stereocenters. The maximum atomic E-state index is 13.7. The van der Waals surface area contributed by atoms with E-state index in [0.29, 0.717) is 5.69 Å². The Kier molecular flexibility index (Phi) is 6.18. The van der Waals surface area contributed by atoms with Gasteiger partial charge >= 0.3 is 12.2 Å². The number of urea groups is 1. The van der Waals surface area contributed by atoms with Crippen molar-refractivity contribution in [2.75, 3.05) is 44.4 Å². The first kappa shape index (κ1) is 24.1. The van der Waals surface area contributed by atoms with Crippen molar-refractivity contribution >= 4 is 29.2 Å². The van der Waals surface area contributed by atoms with E-state index in [1.165, 1.54) is 35.0 Å². The normalized spacial score (nSPS) is 17.9. The van der Waals surface area contributed by atoms with E-state index in [0.717, 1.165) is 11.8 Å². The lowest BCUT2D eigenvalue weighted by Crippen LogP contribution is -2.45. The Morgan fingerprint density at radius 3 is 2.40 bits per heavy atom. The van der Waals surface area contributed by atoms with E-state index >= 15 is 0 Å². The summed E-state index contributed by atoms with van der Waals surface area (Å²) in [5.41, 5.74) is 0.605. The number of benzene rings is 2. The van der Waals surface area contributed by atoms with Crippen molar-refractivity contribution in [2.24, 2.45) is 0 Å². The second-order valence-corrected chi connectivity index (χ2v) is 8.54. The van der Waals surface area contributed by atoms with Crippen molar-refractivity contribution in [3.05, 3.63) is 70.9 Å². The van der Waals surface area contributed by atoms with Gasteiger partial charge in [0.25, 0.3) is 5.91 Å². The molecule has 0 saturated heterocycles. The zero-order chi connectivity index (χ0) is 25.5. The molecule has 2 heterocycles. The highest BCUT2D eigenvalue weighted by Crippen LogP contribution is 2.41. The lowest BCUT2D eigenvalue weighted by atomic mass is 9.92. The summed E-state index contributed by atoms with van der Waals surface area (Å²) < 4.78 is 41.0. The van der Waals surface area contributed by atoms with Crippen LogP contribution in [-0.4, -0.2) is 61.9 Å². The zero-order valence-electron chi connectivity index (χ0n) is 19.3. The van der Waals surface area contributed by atoms with E-state index in [9.17, 15) is 27.6 Å². The Morgan fingerprint density at radius 2 is 1.77 bits per heavy atom. The smallest absolute Gasteiger partial charge is 0.378 e. The molecule has 2 aromatic carbocycles. The molecule has 2 N–H and O–H groups in total. The Labute approximate surface area is 200 Å². The topological polar surface area (TPSA) is 85.0 Å². The number of carbonyl (C=O) groups is 3. The fourth-order valence-electron chi connectivity index (χ4n) is 4.21. The van der Waals surface area contributed by atoms with Gasteiger partial charge in [0.15, 0.2) is 0 Å². The van der Waals surface area contributed by atoms with Crippen LogP contribution in [-0.2, 0) is 15.8 Å². The molecule has 0 bridgehead atoms. The maximum absolute atomic E-state index is 13.7. The second-order valence-electron chi connectivity index (χ2n) is 8.54. The van der Waals surface area contributed by atoms with E-state index in [4.69, 9.17) is 0 Å². The van der Waals surface area contributed by atoms with Gasteiger partial charge in [-0.15, -0.1) is 0 Å². The van der Waals surface area contributed by atoms with Crippen molar-refractivity contribution in [3.8, 4) is 0 Å². The van der Waals surface area contributed by atoms with Crippen LogP contribution in [0.4, 0.5) is 29.3 Å². The molecule has 0 fully saturated rings. The summed E-state index contributed by atoms with van der Waals surface area (Å²) in [6, 6.07) is 9.99. The molecule has 0 spiro atoms. The van der Waals surface area contributed by atoms with Crippen molar-refractivity contribution in [1.82, 2.24) is 15.1 Å². The number of halogens is 3. The minimum atomic E-state index is -4.67. The molecule has 2 aliphatic heterocycles. The molecular formula is C24H24F3N5O3. The SMILES string of the molecule is CN1C(=O)N[C@@H](c2ccccc2C(F)(F)F)C2=C1CN(CC(=O)Nc1ccc(N(C)C)cc1)C2=O. The van der Waals surface area contributed by atoms with Crippen molar-refractivity contribution < 1.29 is 27.6 Å².